The third kappa shape index (κ3) is 14.5. The number of nitro groups is 1. The van der Waals surface area contributed by atoms with Crippen molar-refractivity contribution in [3.05, 3.63) is 105 Å². The fourth-order valence-electron chi connectivity index (χ4n) is 4.10. The lowest BCUT2D eigenvalue weighted by Crippen LogP contribution is -2.19. The first-order valence-electron chi connectivity index (χ1n) is 14.0. The van der Waals surface area contributed by atoms with E-state index in [1.54, 1.807) is 13.8 Å². The standard InChI is InChI=1S/C19H22N2.C11H11F3N2O3.CH4O3S.ClH/c1-16-7-9-17(10-8-16)18(19-6-2-3-12-20-19)11-15-21-13-4-5-14-21;1-6(2)10(17)15-7-3-4-9(16(18)19)8(5-7)11(12,13)14;1-5(2,3)4;/h2-3,6-12H,4-5,13-15H2,1H3;3-6H,1-2H3,(H,15,17);1H3,(H,2,3,4);1H/b18-11+;;;. The molecule has 0 radical (unpaired) electrons. The van der Waals surface area contributed by atoms with E-state index >= 15 is 0 Å². The molecule has 3 aromatic rings. The first-order chi connectivity index (χ1) is 21.0. The van der Waals surface area contributed by atoms with E-state index in [1.807, 2.05) is 12.3 Å². The minimum Gasteiger partial charge on any atom is -0.326 e. The van der Waals surface area contributed by atoms with Gasteiger partial charge in [0, 0.05) is 36.0 Å². The average molecular weight is 687 g/mol. The molecule has 1 aromatic heterocycles. The van der Waals surface area contributed by atoms with Gasteiger partial charge in [-0.15, -0.1) is 12.4 Å². The molecule has 0 saturated carbocycles. The van der Waals surface area contributed by atoms with Gasteiger partial charge in [0.2, 0.25) is 5.91 Å². The van der Waals surface area contributed by atoms with Gasteiger partial charge in [-0.1, -0.05) is 55.8 Å². The Labute approximate surface area is 273 Å². The van der Waals surface area contributed by atoms with Crippen LogP contribution in [-0.2, 0) is 21.1 Å². The van der Waals surface area contributed by atoms with E-state index in [-0.39, 0.29) is 18.1 Å². The van der Waals surface area contributed by atoms with Crippen molar-refractivity contribution >= 4 is 45.4 Å². The largest absolute Gasteiger partial charge is 0.423 e. The summed E-state index contributed by atoms with van der Waals surface area (Å²) in [7, 11) is -3.67. The van der Waals surface area contributed by atoms with Gasteiger partial charge in [0.1, 0.15) is 5.56 Å². The van der Waals surface area contributed by atoms with Gasteiger partial charge in [-0.05, 0) is 62.7 Å². The Hall–Kier alpha value is -3.85. The van der Waals surface area contributed by atoms with Crippen molar-refractivity contribution in [2.24, 2.45) is 5.92 Å². The summed E-state index contributed by atoms with van der Waals surface area (Å²) in [5, 5.41) is 12.8. The van der Waals surface area contributed by atoms with Gasteiger partial charge >= 0.3 is 6.18 Å². The minimum absolute atomic E-state index is 0. The minimum atomic E-state index is -4.86. The fourth-order valence-corrected chi connectivity index (χ4v) is 4.10. The maximum absolute atomic E-state index is 12.7. The third-order valence-corrected chi connectivity index (χ3v) is 6.35. The first-order valence-corrected chi connectivity index (χ1v) is 15.8. The lowest BCUT2D eigenvalue weighted by molar-refractivity contribution is -0.388. The lowest BCUT2D eigenvalue weighted by Gasteiger charge is -2.14. The van der Waals surface area contributed by atoms with Crippen molar-refractivity contribution in [3.8, 4) is 0 Å². The fraction of sp³-hybridized carbons (Fsp3) is 0.355. The van der Waals surface area contributed by atoms with Crippen LogP contribution in [0.1, 0.15) is 49.1 Å². The number of nitro benzene ring substituents is 1. The maximum Gasteiger partial charge on any atom is 0.423 e. The predicted octanol–water partition coefficient (Wildman–Crippen LogP) is 7.05. The number of anilines is 1. The number of aryl methyl sites for hydroxylation is 1. The number of amides is 1. The highest BCUT2D eigenvalue weighted by Crippen LogP contribution is 2.37. The van der Waals surface area contributed by atoms with E-state index in [0.717, 1.165) is 24.4 Å². The quantitative estimate of drug-likeness (QED) is 0.153. The van der Waals surface area contributed by atoms with Crippen LogP contribution in [0.4, 0.5) is 24.5 Å². The number of nitrogens with one attached hydrogen (secondary N) is 1. The zero-order valence-corrected chi connectivity index (χ0v) is 27.5. The Morgan fingerprint density at radius 2 is 1.70 bits per heavy atom. The van der Waals surface area contributed by atoms with Crippen LogP contribution >= 0.6 is 12.4 Å². The summed E-state index contributed by atoms with van der Waals surface area (Å²) >= 11 is 0. The summed E-state index contributed by atoms with van der Waals surface area (Å²) in [6.45, 7) is 8.73. The highest BCUT2D eigenvalue weighted by molar-refractivity contribution is 7.85. The van der Waals surface area contributed by atoms with Gasteiger partial charge in [0.25, 0.3) is 15.8 Å². The first kappa shape index (κ1) is 40.2. The Bertz CT molecular complexity index is 1560. The zero-order chi connectivity index (χ0) is 33.8. The van der Waals surface area contributed by atoms with Crippen molar-refractivity contribution in [1.29, 1.82) is 0 Å². The van der Waals surface area contributed by atoms with Crippen molar-refractivity contribution in [2.75, 3.05) is 31.2 Å². The molecule has 1 aliphatic heterocycles. The van der Waals surface area contributed by atoms with E-state index in [9.17, 15) is 36.5 Å². The molecule has 2 N–H and O–H groups in total. The summed E-state index contributed by atoms with van der Waals surface area (Å²) < 4.78 is 63.9. The van der Waals surface area contributed by atoms with Crippen LogP contribution in [0.3, 0.4) is 0 Å². The summed E-state index contributed by atoms with van der Waals surface area (Å²) in [6, 6.07) is 17.2. The van der Waals surface area contributed by atoms with Crippen molar-refractivity contribution in [1.82, 2.24) is 9.88 Å². The van der Waals surface area contributed by atoms with Crippen molar-refractivity contribution in [2.45, 2.75) is 39.8 Å². The number of rotatable bonds is 7. The normalized spacial score (nSPS) is 13.5. The SMILES string of the molecule is CC(C)C(=O)Nc1ccc([N+](=O)[O-])c(C(F)(F)F)c1.CS(=O)(=O)O.Cc1ccc(/C(=C\CN2CCCC2)c2ccccn2)cc1.Cl. The number of pyridine rings is 1. The molecule has 1 fully saturated rings. The van der Waals surface area contributed by atoms with E-state index in [2.05, 4.69) is 64.6 Å². The molecule has 46 heavy (non-hydrogen) atoms. The number of alkyl halides is 3. The molecule has 0 unspecified atom stereocenters. The van der Waals surface area contributed by atoms with Crippen molar-refractivity contribution < 1.29 is 35.9 Å². The number of benzene rings is 2. The molecule has 0 spiro atoms. The molecule has 0 bridgehead atoms. The molecule has 1 saturated heterocycles. The monoisotopic (exact) mass is 686 g/mol. The van der Waals surface area contributed by atoms with Crippen LogP contribution in [0, 0.1) is 23.0 Å². The Morgan fingerprint density at radius 3 is 2.17 bits per heavy atom. The molecular formula is C31H38ClF3N4O6S. The van der Waals surface area contributed by atoms with Crippen molar-refractivity contribution in [3.63, 3.8) is 0 Å². The second-order valence-corrected chi connectivity index (χ2v) is 12.0. The average Bonchev–Trinajstić information content (AvgIpc) is 3.47. The second kappa shape index (κ2) is 18.3. The van der Waals surface area contributed by atoms with Crippen LogP contribution in [0.2, 0.25) is 0 Å². The molecule has 2 aromatic carbocycles. The summed E-state index contributed by atoms with van der Waals surface area (Å²) in [5.41, 5.74) is 2.27. The number of aromatic nitrogens is 1. The van der Waals surface area contributed by atoms with Gasteiger partial charge in [-0.3, -0.25) is 29.3 Å². The molecule has 0 aliphatic carbocycles. The van der Waals surface area contributed by atoms with Crippen LogP contribution in [0.25, 0.3) is 5.57 Å². The second-order valence-electron chi connectivity index (χ2n) is 10.6. The van der Waals surface area contributed by atoms with Gasteiger partial charge in [0.15, 0.2) is 0 Å². The molecule has 252 valence electrons. The van der Waals surface area contributed by atoms with Crippen LogP contribution < -0.4 is 5.32 Å². The number of likely N-dealkylation sites (tertiary alicyclic amines) is 1. The molecule has 1 aliphatic rings. The number of nitrogens with zero attached hydrogens (tertiary/aromatic N) is 3. The van der Waals surface area contributed by atoms with Gasteiger partial charge in [-0.2, -0.15) is 21.6 Å². The predicted molar refractivity (Wildman–Crippen MR) is 174 cm³/mol. The van der Waals surface area contributed by atoms with E-state index < -0.39 is 44.3 Å². The van der Waals surface area contributed by atoms with Crippen LogP contribution in [0.15, 0.2) is 72.9 Å². The Kier molecular flexibility index (Phi) is 16.0. The summed E-state index contributed by atoms with van der Waals surface area (Å²) in [4.78, 5) is 27.8. The van der Waals surface area contributed by atoms with Gasteiger partial charge < -0.3 is 5.32 Å². The van der Waals surface area contributed by atoms with Crippen LogP contribution in [0.5, 0.6) is 0 Å². The number of halogens is 4. The van der Waals surface area contributed by atoms with Crippen LogP contribution in [-0.4, -0.2) is 59.6 Å². The molecule has 10 nitrogen and oxygen atoms in total. The van der Waals surface area contributed by atoms with Gasteiger partial charge in [-0.25, -0.2) is 0 Å². The summed E-state index contributed by atoms with van der Waals surface area (Å²) in [5.74, 6) is -0.883. The lowest BCUT2D eigenvalue weighted by atomic mass is 10.0. The molecule has 4 rings (SSSR count). The maximum atomic E-state index is 12.7. The Balaban J connectivity index is 0.000000396. The molecule has 2 heterocycles. The third-order valence-electron chi connectivity index (χ3n) is 6.35. The number of carbonyl (C=O) groups is 1. The van der Waals surface area contributed by atoms with E-state index in [0.29, 0.717) is 12.3 Å². The number of carbonyl (C=O) groups excluding carboxylic acids is 1. The molecular weight excluding hydrogens is 649 g/mol. The summed E-state index contributed by atoms with van der Waals surface area (Å²) in [6.07, 6.45) is 2.72. The highest BCUT2D eigenvalue weighted by atomic mass is 35.5. The topological polar surface area (TPSA) is 143 Å². The zero-order valence-electron chi connectivity index (χ0n) is 25.8. The van der Waals surface area contributed by atoms with E-state index in [1.165, 1.54) is 42.6 Å². The smallest absolute Gasteiger partial charge is 0.326 e. The Morgan fingerprint density at radius 1 is 1.11 bits per heavy atom. The number of hydrogen-bond donors (Lipinski definition) is 2. The highest BCUT2D eigenvalue weighted by Gasteiger charge is 2.38. The molecule has 15 heteroatoms. The van der Waals surface area contributed by atoms with Gasteiger partial charge in [0.05, 0.1) is 16.9 Å². The molecule has 1 amide bonds. The van der Waals surface area contributed by atoms with E-state index in [4.69, 9.17) is 4.55 Å². The molecule has 0 atom stereocenters. The number of hydrogen-bond acceptors (Lipinski definition) is 7.